The van der Waals surface area contributed by atoms with E-state index in [-0.39, 0.29) is 57.5 Å². The molecule has 0 spiro atoms. The molecule has 0 aliphatic heterocycles. The Morgan fingerprint density at radius 1 is 0.774 bits per heavy atom. The molecule has 9 heteroatoms. The van der Waals surface area contributed by atoms with Crippen LogP contribution in [0.5, 0.6) is 0 Å². The Bertz CT molecular complexity index is 580. The summed E-state index contributed by atoms with van der Waals surface area (Å²) in [4.78, 5) is 24.7. The average Bonchev–Trinajstić information content (AvgIpc) is 2.69. The summed E-state index contributed by atoms with van der Waals surface area (Å²) < 4.78 is 43.6. The van der Waals surface area contributed by atoms with Gasteiger partial charge in [-0.1, -0.05) is 66.2 Å². The van der Waals surface area contributed by atoms with Gasteiger partial charge in [-0.05, 0) is 38.5 Å². The minimum absolute atomic E-state index is 0. The molecule has 0 aromatic heterocycles. The maximum absolute atomic E-state index is 12.4. The monoisotopic (exact) mass is 489 g/mol. The predicted molar refractivity (Wildman–Crippen MR) is 124 cm³/mol. The molecule has 1 radical (unpaired) electrons. The van der Waals surface area contributed by atoms with Crippen LogP contribution in [0.3, 0.4) is 0 Å². The van der Waals surface area contributed by atoms with Crippen molar-refractivity contribution in [2.24, 2.45) is 0 Å². The van der Waals surface area contributed by atoms with Crippen molar-refractivity contribution in [2.75, 3.05) is 0 Å². The SMILES string of the molecule is CCCCCCC(CC)OC(=O)CC(C(=O)OC(CC)CCCCCC)S(=O)(=O)O.[K]. The maximum atomic E-state index is 12.4. The number of rotatable bonds is 18. The van der Waals surface area contributed by atoms with Crippen LogP contribution in [0.1, 0.15) is 111 Å². The number of hydrogen-bond acceptors (Lipinski definition) is 6. The first-order chi connectivity index (χ1) is 14.2. The van der Waals surface area contributed by atoms with E-state index < -0.39 is 39.8 Å². The number of unbranched alkanes of at least 4 members (excludes halogenated alkanes) is 6. The third-order valence-corrected chi connectivity index (χ3v) is 6.30. The Balaban J connectivity index is 0. The molecule has 0 rings (SSSR count). The molecule has 0 heterocycles. The van der Waals surface area contributed by atoms with E-state index in [1.54, 1.807) is 0 Å². The van der Waals surface area contributed by atoms with Crippen LogP contribution in [0.15, 0.2) is 0 Å². The van der Waals surface area contributed by atoms with Crippen molar-refractivity contribution in [2.45, 2.75) is 129 Å². The number of carbonyl (C=O) groups excluding carboxylic acids is 2. The molecule has 0 amide bonds. The number of carbonyl (C=O) groups is 2. The van der Waals surface area contributed by atoms with Gasteiger partial charge in [0.05, 0.1) is 6.42 Å². The van der Waals surface area contributed by atoms with Gasteiger partial charge in [0.1, 0.15) is 12.2 Å². The summed E-state index contributed by atoms with van der Waals surface area (Å²) in [6, 6.07) is 0. The minimum atomic E-state index is -4.78. The topological polar surface area (TPSA) is 107 Å². The molecule has 179 valence electrons. The second-order valence-corrected chi connectivity index (χ2v) is 9.49. The second kappa shape index (κ2) is 19.9. The van der Waals surface area contributed by atoms with E-state index in [1.165, 1.54) is 0 Å². The Morgan fingerprint density at radius 2 is 1.23 bits per heavy atom. The molecule has 3 unspecified atom stereocenters. The maximum Gasteiger partial charge on any atom is 0.327 e. The first kappa shape index (κ1) is 33.7. The molecule has 0 aliphatic carbocycles. The van der Waals surface area contributed by atoms with E-state index >= 15 is 0 Å². The molecule has 0 saturated carbocycles. The van der Waals surface area contributed by atoms with E-state index in [0.29, 0.717) is 25.7 Å². The van der Waals surface area contributed by atoms with Crippen molar-refractivity contribution in [3.8, 4) is 0 Å². The van der Waals surface area contributed by atoms with Crippen LogP contribution in [-0.4, -0.2) is 93.8 Å². The normalized spacial score (nSPS) is 14.2. The van der Waals surface area contributed by atoms with Crippen molar-refractivity contribution >= 4 is 73.4 Å². The van der Waals surface area contributed by atoms with E-state index in [0.717, 1.165) is 51.4 Å². The van der Waals surface area contributed by atoms with Crippen LogP contribution in [0.25, 0.3) is 0 Å². The Labute approximate surface area is 232 Å². The molecule has 0 aromatic carbocycles. The molecule has 0 aliphatic rings. The molecule has 3 atom stereocenters. The molecule has 7 nitrogen and oxygen atoms in total. The quantitative estimate of drug-likeness (QED) is 0.127. The van der Waals surface area contributed by atoms with Gasteiger partial charge in [-0.2, -0.15) is 8.42 Å². The van der Waals surface area contributed by atoms with Crippen LogP contribution in [0, 0.1) is 0 Å². The summed E-state index contributed by atoms with van der Waals surface area (Å²) in [6.07, 6.45) is 9.18. The van der Waals surface area contributed by atoms with Crippen molar-refractivity contribution in [1.29, 1.82) is 0 Å². The number of esters is 2. The Morgan fingerprint density at radius 3 is 1.61 bits per heavy atom. The fourth-order valence-electron chi connectivity index (χ4n) is 3.23. The first-order valence-corrected chi connectivity index (χ1v) is 13.1. The zero-order valence-electron chi connectivity index (χ0n) is 20.2. The van der Waals surface area contributed by atoms with E-state index in [4.69, 9.17) is 9.47 Å². The standard InChI is InChI=1S/C22H42O7S.K/c1-5-9-11-13-15-18(7-3)28-21(23)17-20(30(25,26)27)22(24)29-19(8-4)16-14-12-10-6-2;/h18-20H,5-17H2,1-4H3,(H,25,26,27);. The van der Waals surface area contributed by atoms with E-state index in [2.05, 4.69) is 13.8 Å². The van der Waals surface area contributed by atoms with Crippen LogP contribution < -0.4 is 0 Å². The van der Waals surface area contributed by atoms with Gasteiger partial charge in [0, 0.05) is 51.4 Å². The van der Waals surface area contributed by atoms with Crippen molar-refractivity contribution in [1.82, 2.24) is 0 Å². The van der Waals surface area contributed by atoms with Gasteiger partial charge in [0.2, 0.25) is 0 Å². The fraction of sp³-hybridized carbons (Fsp3) is 0.909. The molecular weight excluding hydrogens is 447 g/mol. The van der Waals surface area contributed by atoms with Crippen LogP contribution in [-0.2, 0) is 29.2 Å². The summed E-state index contributed by atoms with van der Waals surface area (Å²) in [5.74, 6) is -1.90. The zero-order valence-corrected chi connectivity index (χ0v) is 24.2. The number of hydrogen-bond donors (Lipinski definition) is 1. The van der Waals surface area contributed by atoms with Crippen LogP contribution >= 0.6 is 0 Å². The minimum Gasteiger partial charge on any atom is -0.462 e. The molecule has 0 saturated heterocycles. The van der Waals surface area contributed by atoms with Gasteiger partial charge in [0.25, 0.3) is 10.1 Å². The van der Waals surface area contributed by atoms with Crippen LogP contribution in [0.2, 0.25) is 0 Å². The molecule has 31 heavy (non-hydrogen) atoms. The first-order valence-electron chi connectivity index (χ1n) is 11.6. The van der Waals surface area contributed by atoms with Gasteiger partial charge >= 0.3 is 11.9 Å². The molecule has 0 fully saturated rings. The van der Waals surface area contributed by atoms with Crippen LogP contribution in [0.4, 0.5) is 0 Å². The summed E-state index contributed by atoms with van der Waals surface area (Å²) in [5.41, 5.74) is 0. The van der Waals surface area contributed by atoms with Crippen molar-refractivity contribution in [3.05, 3.63) is 0 Å². The summed E-state index contributed by atoms with van der Waals surface area (Å²) in [5, 5.41) is -1.95. The molecule has 0 bridgehead atoms. The average molecular weight is 490 g/mol. The van der Waals surface area contributed by atoms with Gasteiger partial charge in [-0.15, -0.1) is 0 Å². The molecule has 1 N–H and O–H groups in total. The molecular formula is C22H42KO7S. The predicted octanol–water partition coefficient (Wildman–Crippen LogP) is 4.84. The van der Waals surface area contributed by atoms with Gasteiger partial charge in [-0.25, -0.2) is 0 Å². The van der Waals surface area contributed by atoms with E-state index in [9.17, 15) is 22.6 Å². The second-order valence-electron chi connectivity index (χ2n) is 7.89. The largest absolute Gasteiger partial charge is 0.462 e. The number of ether oxygens (including phenoxy) is 2. The van der Waals surface area contributed by atoms with Crippen molar-refractivity contribution in [3.63, 3.8) is 0 Å². The van der Waals surface area contributed by atoms with Gasteiger partial charge in [-0.3, -0.25) is 14.1 Å². The summed E-state index contributed by atoms with van der Waals surface area (Å²) in [7, 11) is -4.78. The van der Waals surface area contributed by atoms with E-state index in [1.807, 2.05) is 13.8 Å². The smallest absolute Gasteiger partial charge is 0.327 e. The third-order valence-electron chi connectivity index (χ3n) is 5.23. The molecule has 0 aromatic rings. The zero-order chi connectivity index (χ0) is 23.0. The van der Waals surface area contributed by atoms with Crippen molar-refractivity contribution < 1.29 is 32.0 Å². The third kappa shape index (κ3) is 16.7. The van der Waals surface area contributed by atoms with Gasteiger partial charge < -0.3 is 9.47 Å². The summed E-state index contributed by atoms with van der Waals surface area (Å²) >= 11 is 0. The van der Waals surface area contributed by atoms with Gasteiger partial charge in [0.15, 0.2) is 5.25 Å². The Kier molecular flexibility index (Phi) is 21.6. The Hall–Kier alpha value is 0.486. The fourth-order valence-corrected chi connectivity index (χ4v) is 3.87. The summed E-state index contributed by atoms with van der Waals surface area (Å²) in [6.45, 7) is 7.94.